The molecule has 0 saturated heterocycles. The van der Waals surface area contributed by atoms with E-state index in [9.17, 15) is 4.79 Å². The third-order valence-corrected chi connectivity index (χ3v) is 4.32. The molecule has 4 rings (SSSR count). The van der Waals surface area contributed by atoms with Crippen LogP contribution < -0.4 is 10.6 Å². The Labute approximate surface area is 134 Å². The minimum Gasteiger partial charge on any atom is -0.345 e. The summed E-state index contributed by atoms with van der Waals surface area (Å²) in [5.74, 6) is 0.0115. The topological polar surface area (TPSA) is 69.8 Å². The van der Waals surface area contributed by atoms with Crippen LogP contribution in [0.1, 0.15) is 17.5 Å². The molecule has 5 nitrogen and oxygen atoms in total. The van der Waals surface area contributed by atoms with Crippen LogP contribution in [-0.4, -0.2) is 21.9 Å². The number of rotatable bonds is 3. The smallest absolute Gasteiger partial charge is 0.226 e. The molecule has 1 amide bonds. The highest BCUT2D eigenvalue weighted by Gasteiger charge is 2.20. The lowest BCUT2D eigenvalue weighted by Gasteiger charge is -2.25. The van der Waals surface area contributed by atoms with E-state index in [0.29, 0.717) is 6.42 Å². The van der Waals surface area contributed by atoms with E-state index in [4.69, 9.17) is 0 Å². The van der Waals surface area contributed by atoms with Crippen LogP contribution in [-0.2, 0) is 17.8 Å². The van der Waals surface area contributed by atoms with Crippen LogP contribution in [0, 0.1) is 0 Å². The van der Waals surface area contributed by atoms with E-state index >= 15 is 0 Å². The number of nitrogens with one attached hydrogen (secondary N) is 3. The van der Waals surface area contributed by atoms with Gasteiger partial charge in [-0.05, 0) is 29.7 Å². The van der Waals surface area contributed by atoms with Crippen molar-refractivity contribution in [3.63, 3.8) is 0 Å². The van der Waals surface area contributed by atoms with Crippen molar-refractivity contribution in [3.8, 4) is 0 Å². The van der Waals surface area contributed by atoms with Crippen molar-refractivity contribution in [2.24, 2.45) is 0 Å². The lowest BCUT2D eigenvalue weighted by atomic mass is 9.94. The van der Waals surface area contributed by atoms with Gasteiger partial charge in [0.25, 0.3) is 0 Å². The lowest BCUT2D eigenvalue weighted by Crippen LogP contribution is -2.38. The van der Waals surface area contributed by atoms with E-state index in [-0.39, 0.29) is 11.9 Å². The number of para-hydroxylation sites is 1. The van der Waals surface area contributed by atoms with Crippen molar-refractivity contribution < 1.29 is 4.79 Å². The number of aromatic amines is 1. The minimum atomic E-state index is 0.0115. The Morgan fingerprint density at radius 2 is 2.04 bits per heavy atom. The number of benzene rings is 2. The third-order valence-electron chi connectivity index (χ3n) is 4.32. The number of nitrogens with zero attached hydrogens (tertiary/aromatic N) is 1. The molecule has 3 N–H and O–H groups in total. The quantitative estimate of drug-likeness (QED) is 0.696. The van der Waals surface area contributed by atoms with Gasteiger partial charge in [0.1, 0.15) is 5.52 Å². The third kappa shape index (κ3) is 2.83. The molecule has 0 radical (unpaired) electrons. The highest BCUT2D eigenvalue weighted by Crippen LogP contribution is 2.21. The van der Waals surface area contributed by atoms with Crippen LogP contribution in [0.15, 0.2) is 48.8 Å². The van der Waals surface area contributed by atoms with Crippen LogP contribution in [0.4, 0.5) is 5.69 Å². The average molecular weight is 306 g/mol. The number of carbonyl (C=O) groups is 1. The van der Waals surface area contributed by atoms with Crippen LogP contribution in [0.5, 0.6) is 0 Å². The maximum absolute atomic E-state index is 12.4. The van der Waals surface area contributed by atoms with Crippen LogP contribution in [0.3, 0.4) is 0 Å². The van der Waals surface area contributed by atoms with Gasteiger partial charge < -0.3 is 15.6 Å². The molecule has 3 aromatic rings. The predicted octanol–water partition coefficient (Wildman–Crippen LogP) is 2.61. The van der Waals surface area contributed by atoms with E-state index in [1.807, 2.05) is 18.2 Å². The average Bonchev–Trinajstić information content (AvgIpc) is 3.04. The van der Waals surface area contributed by atoms with Crippen molar-refractivity contribution in [3.05, 3.63) is 59.9 Å². The predicted molar refractivity (Wildman–Crippen MR) is 90.1 cm³/mol. The zero-order valence-electron chi connectivity index (χ0n) is 12.7. The second-order valence-electron chi connectivity index (χ2n) is 5.91. The summed E-state index contributed by atoms with van der Waals surface area (Å²) in [6.45, 7) is 0.822. The summed E-state index contributed by atoms with van der Waals surface area (Å²) in [5.41, 5.74) is 5.13. The van der Waals surface area contributed by atoms with Crippen molar-refractivity contribution in [1.29, 1.82) is 0 Å². The molecule has 2 aromatic carbocycles. The lowest BCUT2D eigenvalue weighted by molar-refractivity contribution is -0.116. The molecule has 0 bridgehead atoms. The van der Waals surface area contributed by atoms with Gasteiger partial charge in [-0.15, -0.1) is 0 Å². The number of imidazole rings is 1. The maximum atomic E-state index is 12.4. The fraction of sp³-hybridized carbons (Fsp3) is 0.222. The van der Waals surface area contributed by atoms with Gasteiger partial charge >= 0.3 is 0 Å². The Kier molecular flexibility index (Phi) is 3.55. The summed E-state index contributed by atoms with van der Waals surface area (Å²) < 4.78 is 0. The first-order valence-corrected chi connectivity index (χ1v) is 7.82. The number of hydrogen-bond donors (Lipinski definition) is 3. The molecular formula is C18H18N4O. The Hall–Kier alpha value is -2.66. The molecule has 1 aliphatic heterocycles. The number of amides is 1. The Morgan fingerprint density at radius 1 is 1.17 bits per heavy atom. The van der Waals surface area contributed by atoms with E-state index in [1.54, 1.807) is 6.33 Å². The van der Waals surface area contributed by atoms with E-state index in [1.165, 1.54) is 11.1 Å². The summed E-state index contributed by atoms with van der Waals surface area (Å²) in [6.07, 6.45) is 2.98. The molecule has 0 saturated carbocycles. The summed E-state index contributed by atoms with van der Waals surface area (Å²) >= 11 is 0. The first kappa shape index (κ1) is 14.0. The van der Waals surface area contributed by atoms with Crippen LogP contribution in [0.25, 0.3) is 11.0 Å². The van der Waals surface area contributed by atoms with E-state index in [2.05, 4.69) is 44.9 Å². The summed E-state index contributed by atoms with van der Waals surface area (Å²) in [6, 6.07) is 14.3. The first-order chi connectivity index (χ1) is 11.3. The number of aromatic nitrogens is 2. The Bertz CT molecular complexity index is 855. The highest BCUT2D eigenvalue weighted by atomic mass is 16.1. The molecule has 2 heterocycles. The van der Waals surface area contributed by atoms with Crippen molar-refractivity contribution in [1.82, 2.24) is 15.3 Å². The normalized spacial score (nSPS) is 17.0. The summed E-state index contributed by atoms with van der Waals surface area (Å²) in [7, 11) is 0. The van der Waals surface area contributed by atoms with Gasteiger partial charge in [0.05, 0.1) is 17.5 Å². The van der Waals surface area contributed by atoms with Gasteiger partial charge in [0.15, 0.2) is 0 Å². The van der Waals surface area contributed by atoms with Gasteiger partial charge in [-0.25, -0.2) is 4.98 Å². The number of anilines is 1. The van der Waals surface area contributed by atoms with Gasteiger partial charge in [0.2, 0.25) is 5.91 Å². The Morgan fingerprint density at radius 3 is 2.96 bits per heavy atom. The van der Waals surface area contributed by atoms with Gasteiger partial charge in [-0.1, -0.05) is 30.3 Å². The standard InChI is InChI=1S/C18H18N4O/c23-17(22-16-7-3-6-15-18(16)21-11-20-15)9-14-8-12-4-1-2-5-13(12)10-19-14/h1-7,11,14,19H,8-10H2,(H,20,21)(H,22,23)/t14-/m0/s1. The van der Waals surface area contributed by atoms with E-state index < -0.39 is 0 Å². The SMILES string of the molecule is O=C(C[C@@H]1Cc2ccccc2CN1)Nc1cccc2[nH]cnc12. The number of hydrogen-bond acceptors (Lipinski definition) is 3. The molecular weight excluding hydrogens is 288 g/mol. The summed E-state index contributed by atoms with van der Waals surface area (Å²) in [4.78, 5) is 19.7. The molecule has 1 atom stereocenters. The van der Waals surface area contributed by atoms with Gasteiger partial charge in [0, 0.05) is 19.0 Å². The summed E-state index contributed by atoms with van der Waals surface area (Å²) in [5, 5.41) is 6.42. The molecule has 0 aliphatic carbocycles. The number of carbonyl (C=O) groups excluding carboxylic acids is 1. The fourth-order valence-corrected chi connectivity index (χ4v) is 3.16. The van der Waals surface area contributed by atoms with Crippen molar-refractivity contribution in [2.75, 3.05) is 5.32 Å². The Balaban J connectivity index is 1.44. The van der Waals surface area contributed by atoms with Crippen LogP contribution >= 0.6 is 0 Å². The van der Waals surface area contributed by atoms with Gasteiger partial charge in [-0.3, -0.25) is 4.79 Å². The number of fused-ring (bicyclic) bond motifs is 2. The second kappa shape index (κ2) is 5.85. The fourth-order valence-electron chi connectivity index (χ4n) is 3.16. The van der Waals surface area contributed by atoms with Crippen LogP contribution in [0.2, 0.25) is 0 Å². The minimum absolute atomic E-state index is 0.0115. The molecule has 1 aliphatic rings. The monoisotopic (exact) mass is 306 g/mol. The number of H-pyrrole nitrogens is 1. The largest absolute Gasteiger partial charge is 0.345 e. The van der Waals surface area contributed by atoms with Crippen molar-refractivity contribution >= 4 is 22.6 Å². The molecule has 0 fully saturated rings. The zero-order chi connectivity index (χ0) is 15.6. The maximum Gasteiger partial charge on any atom is 0.226 e. The molecule has 5 heteroatoms. The highest BCUT2D eigenvalue weighted by molar-refractivity contribution is 5.99. The van der Waals surface area contributed by atoms with Crippen molar-refractivity contribution in [2.45, 2.75) is 25.4 Å². The molecule has 0 unspecified atom stereocenters. The second-order valence-corrected chi connectivity index (χ2v) is 5.91. The zero-order valence-corrected chi connectivity index (χ0v) is 12.7. The molecule has 116 valence electrons. The molecule has 1 aromatic heterocycles. The van der Waals surface area contributed by atoms with Gasteiger partial charge in [-0.2, -0.15) is 0 Å². The molecule has 23 heavy (non-hydrogen) atoms. The first-order valence-electron chi connectivity index (χ1n) is 7.82. The van der Waals surface area contributed by atoms with E-state index in [0.717, 1.165) is 29.7 Å². The molecule has 0 spiro atoms.